The predicted molar refractivity (Wildman–Crippen MR) is 76.9 cm³/mol. The Balaban J connectivity index is 2.69. The first-order valence-electron chi connectivity index (χ1n) is 5.97. The summed E-state index contributed by atoms with van der Waals surface area (Å²) < 4.78 is 36.9. The van der Waals surface area contributed by atoms with Crippen LogP contribution < -0.4 is 10.5 Å². The molecule has 2 rings (SSSR count). The molecule has 0 aliphatic heterocycles. The minimum absolute atomic E-state index is 0.00176. The molecule has 116 valence electrons. The van der Waals surface area contributed by atoms with Crippen molar-refractivity contribution < 1.29 is 23.0 Å². The molecule has 8 heteroatoms. The molecule has 0 spiro atoms. The SMILES string of the molecule is COC(=O)c1nc(-c2ccc(F)c(OC)c2F)cc(N)c1Cl. The van der Waals surface area contributed by atoms with Gasteiger partial charge in [-0.25, -0.2) is 18.6 Å². The standard InChI is InChI=1S/C14H11ClF2N2O3/c1-21-13-7(16)4-3-6(11(13)17)9-5-8(18)10(15)12(19-9)14(20)22-2/h3-5H,1-2H3,(H2,18,19). The van der Waals surface area contributed by atoms with E-state index in [9.17, 15) is 13.6 Å². The van der Waals surface area contributed by atoms with Gasteiger partial charge in [0, 0.05) is 5.56 Å². The number of nitrogens with zero attached hydrogens (tertiary/aromatic N) is 1. The number of esters is 1. The van der Waals surface area contributed by atoms with Crippen LogP contribution in [-0.4, -0.2) is 25.2 Å². The Hall–Kier alpha value is -2.41. The number of benzene rings is 1. The van der Waals surface area contributed by atoms with Gasteiger partial charge < -0.3 is 15.2 Å². The van der Waals surface area contributed by atoms with Gasteiger partial charge in [-0.15, -0.1) is 0 Å². The van der Waals surface area contributed by atoms with Crippen molar-refractivity contribution in [3.63, 3.8) is 0 Å². The Morgan fingerprint density at radius 1 is 1.32 bits per heavy atom. The minimum atomic E-state index is -0.965. The largest absolute Gasteiger partial charge is 0.491 e. The molecule has 0 radical (unpaired) electrons. The molecule has 0 saturated heterocycles. The number of carbonyl (C=O) groups excluding carboxylic acids is 1. The minimum Gasteiger partial charge on any atom is -0.491 e. The first kappa shape index (κ1) is 16.0. The molecule has 1 aromatic carbocycles. The number of anilines is 1. The molecule has 0 saturated carbocycles. The van der Waals surface area contributed by atoms with Crippen molar-refractivity contribution in [2.75, 3.05) is 20.0 Å². The molecule has 0 aliphatic carbocycles. The Bertz CT molecular complexity index is 753. The van der Waals surface area contributed by atoms with Crippen LogP contribution in [0.5, 0.6) is 5.75 Å². The average Bonchev–Trinajstić information content (AvgIpc) is 2.50. The lowest BCUT2D eigenvalue weighted by Gasteiger charge is -2.11. The van der Waals surface area contributed by atoms with Crippen LogP contribution in [0.25, 0.3) is 11.3 Å². The van der Waals surface area contributed by atoms with Crippen molar-refractivity contribution in [2.24, 2.45) is 0 Å². The second-order valence-corrected chi connectivity index (χ2v) is 4.57. The molecule has 22 heavy (non-hydrogen) atoms. The summed E-state index contributed by atoms with van der Waals surface area (Å²) in [4.78, 5) is 15.6. The Labute approximate surface area is 129 Å². The van der Waals surface area contributed by atoms with E-state index in [1.807, 2.05) is 0 Å². The molecule has 0 aliphatic rings. The highest BCUT2D eigenvalue weighted by Crippen LogP contribution is 2.33. The van der Waals surface area contributed by atoms with Crippen LogP contribution in [0, 0.1) is 11.6 Å². The molecule has 0 bridgehead atoms. The van der Waals surface area contributed by atoms with Crippen molar-refractivity contribution >= 4 is 23.3 Å². The second-order valence-electron chi connectivity index (χ2n) is 4.19. The van der Waals surface area contributed by atoms with Crippen molar-refractivity contribution in [3.05, 3.63) is 40.6 Å². The summed E-state index contributed by atoms with van der Waals surface area (Å²) in [6, 6.07) is 3.44. The maximum atomic E-state index is 14.3. The predicted octanol–water partition coefficient (Wildman–Crippen LogP) is 3.06. The summed E-state index contributed by atoms with van der Waals surface area (Å²) in [5, 5.41) is -0.106. The van der Waals surface area contributed by atoms with Crippen LogP contribution >= 0.6 is 11.6 Å². The van der Waals surface area contributed by atoms with Gasteiger partial charge in [0.1, 0.15) is 0 Å². The quantitative estimate of drug-likeness (QED) is 0.876. The molecule has 0 atom stereocenters. The Morgan fingerprint density at radius 3 is 2.59 bits per heavy atom. The van der Waals surface area contributed by atoms with Crippen LogP contribution in [0.1, 0.15) is 10.5 Å². The zero-order valence-corrected chi connectivity index (χ0v) is 12.4. The number of nitrogen functional groups attached to an aromatic ring is 1. The second kappa shape index (κ2) is 6.15. The van der Waals surface area contributed by atoms with Gasteiger partial charge in [0.2, 0.25) is 0 Å². The number of hydrogen-bond acceptors (Lipinski definition) is 5. The summed E-state index contributed by atoms with van der Waals surface area (Å²) in [7, 11) is 2.28. The first-order chi connectivity index (χ1) is 10.4. The zero-order valence-electron chi connectivity index (χ0n) is 11.6. The molecule has 0 amide bonds. The monoisotopic (exact) mass is 328 g/mol. The molecular weight excluding hydrogens is 318 g/mol. The first-order valence-corrected chi connectivity index (χ1v) is 6.35. The van der Waals surface area contributed by atoms with E-state index in [2.05, 4.69) is 14.5 Å². The number of halogens is 3. The van der Waals surface area contributed by atoms with Crippen molar-refractivity contribution in [1.29, 1.82) is 0 Å². The number of aromatic nitrogens is 1. The third-order valence-corrected chi connectivity index (χ3v) is 3.29. The van der Waals surface area contributed by atoms with E-state index >= 15 is 0 Å². The normalized spacial score (nSPS) is 10.4. The number of methoxy groups -OCH3 is 2. The molecule has 2 aromatic rings. The van der Waals surface area contributed by atoms with Gasteiger partial charge in [0.15, 0.2) is 23.1 Å². The van der Waals surface area contributed by atoms with E-state index < -0.39 is 23.4 Å². The molecule has 5 nitrogen and oxygen atoms in total. The number of rotatable bonds is 3. The van der Waals surface area contributed by atoms with Crippen molar-refractivity contribution in [1.82, 2.24) is 4.98 Å². The summed E-state index contributed by atoms with van der Waals surface area (Å²) in [6.45, 7) is 0. The number of carbonyl (C=O) groups is 1. The van der Waals surface area contributed by atoms with E-state index in [4.69, 9.17) is 17.3 Å². The van der Waals surface area contributed by atoms with E-state index in [0.29, 0.717) is 0 Å². The van der Waals surface area contributed by atoms with E-state index in [1.54, 1.807) is 0 Å². The lowest BCUT2D eigenvalue weighted by molar-refractivity contribution is 0.0594. The topological polar surface area (TPSA) is 74.4 Å². The fourth-order valence-electron chi connectivity index (χ4n) is 1.84. The van der Waals surface area contributed by atoms with Crippen LogP contribution in [0.2, 0.25) is 5.02 Å². The van der Waals surface area contributed by atoms with Gasteiger partial charge in [0.05, 0.1) is 30.6 Å². The van der Waals surface area contributed by atoms with Crippen LogP contribution in [0.3, 0.4) is 0 Å². The maximum Gasteiger partial charge on any atom is 0.358 e. The van der Waals surface area contributed by atoms with Crippen molar-refractivity contribution in [3.8, 4) is 17.0 Å². The summed E-state index contributed by atoms with van der Waals surface area (Å²) in [5.41, 5.74) is 5.35. The number of nitrogens with two attached hydrogens (primary N) is 1. The highest BCUT2D eigenvalue weighted by Gasteiger charge is 2.21. The molecule has 0 fully saturated rings. The van der Waals surface area contributed by atoms with Gasteiger partial charge in [-0.1, -0.05) is 11.6 Å². The smallest absolute Gasteiger partial charge is 0.358 e. The van der Waals surface area contributed by atoms with E-state index in [-0.39, 0.29) is 27.7 Å². The highest BCUT2D eigenvalue weighted by molar-refractivity contribution is 6.35. The molecular formula is C14H11ClF2N2O3. The third kappa shape index (κ3) is 2.67. The average molecular weight is 329 g/mol. The fraction of sp³-hybridized carbons (Fsp3) is 0.143. The highest BCUT2D eigenvalue weighted by atomic mass is 35.5. The summed E-state index contributed by atoms with van der Waals surface area (Å²) >= 11 is 5.88. The zero-order chi connectivity index (χ0) is 16.4. The lowest BCUT2D eigenvalue weighted by atomic mass is 10.1. The number of hydrogen-bond donors (Lipinski definition) is 1. The molecule has 0 unspecified atom stereocenters. The molecule has 2 N–H and O–H groups in total. The van der Waals surface area contributed by atoms with Gasteiger partial charge in [-0.2, -0.15) is 0 Å². The lowest BCUT2D eigenvalue weighted by Crippen LogP contribution is -2.08. The van der Waals surface area contributed by atoms with Gasteiger partial charge in [0.25, 0.3) is 0 Å². The van der Waals surface area contributed by atoms with E-state index in [1.165, 1.54) is 6.07 Å². The number of ether oxygens (including phenoxy) is 2. The third-order valence-electron chi connectivity index (χ3n) is 2.89. The van der Waals surface area contributed by atoms with Crippen LogP contribution in [-0.2, 0) is 4.74 Å². The molecule has 1 aromatic heterocycles. The van der Waals surface area contributed by atoms with Crippen LogP contribution in [0.15, 0.2) is 18.2 Å². The fourth-order valence-corrected chi connectivity index (χ4v) is 2.01. The van der Waals surface area contributed by atoms with E-state index in [0.717, 1.165) is 26.4 Å². The number of pyridine rings is 1. The molecule has 1 heterocycles. The Morgan fingerprint density at radius 2 is 2.00 bits per heavy atom. The Kier molecular flexibility index (Phi) is 4.46. The summed E-state index contributed by atoms with van der Waals surface area (Å²) in [6.07, 6.45) is 0. The van der Waals surface area contributed by atoms with Crippen molar-refractivity contribution in [2.45, 2.75) is 0 Å². The van der Waals surface area contributed by atoms with Crippen LogP contribution in [0.4, 0.5) is 14.5 Å². The van der Waals surface area contributed by atoms with Gasteiger partial charge in [-0.3, -0.25) is 0 Å². The van der Waals surface area contributed by atoms with Gasteiger partial charge in [-0.05, 0) is 18.2 Å². The van der Waals surface area contributed by atoms with Gasteiger partial charge >= 0.3 is 5.97 Å². The summed E-state index contributed by atoms with van der Waals surface area (Å²) in [5.74, 6) is -3.22. The maximum absolute atomic E-state index is 14.3.